The molecule has 0 bridgehead atoms. The van der Waals surface area contributed by atoms with Gasteiger partial charge in [-0.25, -0.2) is 9.78 Å². The van der Waals surface area contributed by atoms with Crippen molar-refractivity contribution in [2.24, 2.45) is 5.92 Å². The molecule has 0 spiro atoms. The second-order valence-corrected chi connectivity index (χ2v) is 11.1. The van der Waals surface area contributed by atoms with E-state index in [0.717, 1.165) is 42.7 Å². The fraction of sp³-hybridized carbons (Fsp3) is 0.739. The molecule has 2 aliphatic heterocycles. The van der Waals surface area contributed by atoms with E-state index in [-0.39, 0.29) is 23.8 Å². The van der Waals surface area contributed by atoms with Crippen LogP contribution in [0.3, 0.4) is 0 Å². The van der Waals surface area contributed by atoms with Crippen LogP contribution in [0.1, 0.15) is 76.3 Å². The lowest BCUT2D eigenvalue weighted by Gasteiger charge is -2.29. The fourth-order valence-corrected chi connectivity index (χ4v) is 5.83. The summed E-state index contributed by atoms with van der Waals surface area (Å²) in [6.07, 6.45) is 7.15. The van der Waals surface area contributed by atoms with Crippen LogP contribution in [0.4, 0.5) is 9.93 Å². The van der Waals surface area contributed by atoms with Crippen LogP contribution < -0.4 is 5.32 Å². The first kappa shape index (κ1) is 23.0. The molecule has 1 saturated carbocycles. The van der Waals surface area contributed by atoms with E-state index in [2.05, 4.69) is 10.3 Å². The molecule has 3 amide bonds. The molecule has 1 N–H and O–H groups in total. The Labute approximate surface area is 193 Å². The summed E-state index contributed by atoms with van der Waals surface area (Å²) in [5.41, 5.74) is 0.388. The summed E-state index contributed by atoms with van der Waals surface area (Å²) in [5.74, 6) is 0.0682. The fourth-order valence-electron chi connectivity index (χ4n) is 4.81. The van der Waals surface area contributed by atoms with Gasteiger partial charge in [-0.15, -0.1) is 0 Å². The number of carbonyl (C=O) groups excluding carboxylic acids is 3. The third kappa shape index (κ3) is 5.24. The number of nitrogens with one attached hydrogen (secondary N) is 1. The molecule has 4 rings (SSSR count). The highest BCUT2D eigenvalue weighted by Crippen LogP contribution is 2.31. The summed E-state index contributed by atoms with van der Waals surface area (Å²) < 4.78 is 5.48. The number of carbonyl (C=O) groups is 3. The Kier molecular flexibility index (Phi) is 6.74. The topological polar surface area (TPSA) is 91.8 Å². The Morgan fingerprint density at radius 1 is 1.06 bits per heavy atom. The van der Waals surface area contributed by atoms with Gasteiger partial charge in [0, 0.05) is 30.3 Å². The van der Waals surface area contributed by atoms with Gasteiger partial charge in [-0.2, -0.15) is 0 Å². The molecule has 3 heterocycles. The van der Waals surface area contributed by atoms with Crippen LogP contribution in [0.2, 0.25) is 0 Å². The molecule has 1 unspecified atom stereocenters. The molecule has 9 heteroatoms. The number of fused-ring (bicyclic) bond motifs is 1. The number of hydrogen-bond acceptors (Lipinski definition) is 6. The molecule has 8 nitrogen and oxygen atoms in total. The van der Waals surface area contributed by atoms with E-state index in [0.29, 0.717) is 37.6 Å². The lowest BCUT2D eigenvalue weighted by atomic mass is 9.88. The van der Waals surface area contributed by atoms with Crippen molar-refractivity contribution < 1.29 is 19.1 Å². The number of anilines is 1. The Hall–Kier alpha value is -2.16. The van der Waals surface area contributed by atoms with Crippen LogP contribution in [0.15, 0.2) is 0 Å². The highest BCUT2D eigenvalue weighted by Gasteiger charge is 2.38. The number of rotatable bonds is 3. The molecule has 3 aliphatic rings. The minimum absolute atomic E-state index is 0.0724. The molecule has 1 aliphatic carbocycles. The van der Waals surface area contributed by atoms with Gasteiger partial charge in [-0.3, -0.25) is 9.59 Å². The van der Waals surface area contributed by atoms with E-state index in [1.54, 1.807) is 9.80 Å². The second kappa shape index (κ2) is 9.37. The molecule has 2 fully saturated rings. The van der Waals surface area contributed by atoms with E-state index in [4.69, 9.17) is 4.74 Å². The van der Waals surface area contributed by atoms with Crippen LogP contribution >= 0.6 is 11.3 Å². The van der Waals surface area contributed by atoms with Crippen molar-refractivity contribution in [3.63, 3.8) is 0 Å². The maximum atomic E-state index is 13.0. The van der Waals surface area contributed by atoms with Crippen molar-refractivity contribution in [2.75, 3.05) is 18.4 Å². The van der Waals surface area contributed by atoms with Gasteiger partial charge in [0.25, 0.3) is 0 Å². The molecule has 0 radical (unpaired) electrons. The van der Waals surface area contributed by atoms with Gasteiger partial charge in [-0.05, 0) is 46.5 Å². The van der Waals surface area contributed by atoms with Crippen LogP contribution in [0, 0.1) is 5.92 Å². The second-order valence-electron chi connectivity index (χ2n) is 10.1. The molecule has 1 saturated heterocycles. The van der Waals surface area contributed by atoms with Crippen LogP contribution in [-0.2, 0) is 27.3 Å². The predicted octanol–water partition coefficient (Wildman–Crippen LogP) is 3.95. The Bertz CT molecular complexity index is 872. The normalized spacial score (nSPS) is 21.9. The van der Waals surface area contributed by atoms with Gasteiger partial charge in [0.2, 0.25) is 11.8 Å². The van der Waals surface area contributed by atoms with E-state index in [9.17, 15) is 14.4 Å². The van der Waals surface area contributed by atoms with Crippen molar-refractivity contribution in [1.82, 2.24) is 14.8 Å². The Balaban J connectivity index is 1.37. The summed E-state index contributed by atoms with van der Waals surface area (Å²) in [6.45, 7) is 7.20. The first-order valence-electron chi connectivity index (χ1n) is 11.8. The minimum Gasteiger partial charge on any atom is -0.444 e. The first-order valence-corrected chi connectivity index (χ1v) is 12.6. The van der Waals surface area contributed by atoms with E-state index in [1.807, 2.05) is 20.8 Å². The van der Waals surface area contributed by atoms with Gasteiger partial charge in [0.15, 0.2) is 5.13 Å². The number of likely N-dealkylation sites (tertiary alicyclic amines) is 1. The zero-order valence-corrected chi connectivity index (χ0v) is 20.1. The van der Waals surface area contributed by atoms with Crippen molar-refractivity contribution >= 4 is 34.4 Å². The third-order valence-electron chi connectivity index (χ3n) is 6.41. The first-order chi connectivity index (χ1) is 15.2. The summed E-state index contributed by atoms with van der Waals surface area (Å²) in [7, 11) is 0. The van der Waals surface area contributed by atoms with Crippen molar-refractivity contribution in [1.29, 1.82) is 0 Å². The summed E-state index contributed by atoms with van der Waals surface area (Å²) in [4.78, 5) is 47.5. The molecular formula is C23H34N4O4S. The number of nitrogens with zero attached hydrogens (tertiary/aromatic N) is 3. The summed E-state index contributed by atoms with van der Waals surface area (Å²) in [6, 6.07) is -0.413. The Morgan fingerprint density at radius 3 is 2.53 bits per heavy atom. The number of ether oxygens (including phenoxy) is 1. The zero-order valence-electron chi connectivity index (χ0n) is 19.3. The number of aromatic nitrogens is 1. The van der Waals surface area contributed by atoms with E-state index >= 15 is 0 Å². The average molecular weight is 463 g/mol. The zero-order chi connectivity index (χ0) is 22.9. The largest absolute Gasteiger partial charge is 0.444 e. The Morgan fingerprint density at radius 2 is 1.81 bits per heavy atom. The van der Waals surface area contributed by atoms with Crippen LogP contribution in [0.25, 0.3) is 0 Å². The smallest absolute Gasteiger partial charge is 0.410 e. The maximum absolute atomic E-state index is 13.0. The molecule has 1 aromatic rings. The highest BCUT2D eigenvalue weighted by atomic mass is 32.1. The van der Waals surface area contributed by atoms with E-state index in [1.165, 1.54) is 17.8 Å². The molecule has 32 heavy (non-hydrogen) atoms. The monoisotopic (exact) mass is 462 g/mol. The number of thiazole rings is 1. The number of amides is 3. The average Bonchev–Trinajstić information content (AvgIpc) is 3.38. The minimum atomic E-state index is -0.535. The quantitative estimate of drug-likeness (QED) is 0.734. The summed E-state index contributed by atoms with van der Waals surface area (Å²) in [5, 5.41) is 3.50. The summed E-state index contributed by atoms with van der Waals surface area (Å²) >= 11 is 1.40. The number of hydrogen-bond donors (Lipinski definition) is 1. The SMILES string of the molecule is CC(C)(C)OC(=O)N1CCc2nc(NC(=O)C3CCCN3C(=O)C3CCCCC3)sc2C1. The molecule has 1 aromatic heterocycles. The van der Waals surface area contributed by atoms with Gasteiger partial charge < -0.3 is 19.9 Å². The van der Waals surface area contributed by atoms with Crippen molar-refractivity contribution in [2.45, 2.75) is 90.3 Å². The molecule has 1 atom stereocenters. The van der Waals surface area contributed by atoms with Crippen LogP contribution in [0.5, 0.6) is 0 Å². The van der Waals surface area contributed by atoms with E-state index < -0.39 is 11.6 Å². The lowest BCUT2D eigenvalue weighted by molar-refractivity contribution is -0.141. The third-order valence-corrected chi connectivity index (χ3v) is 7.40. The van der Waals surface area contributed by atoms with Crippen LogP contribution in [-0.4, -0.2) is 57.4 Å². The molecule has 176 valence electrons. The van der Waals surface area contributed by atoms with Gasteiger partial charge in [-0.1, -0.05) is 30.6 Å². The predicted molar refractivity (Wildman–Crippen MR) is 122 cm³/mol. The van der Waals surface area contributed by atoms with Gasteiger partial charge in [0.1, 0.15) is 11.6 Å². The van der Waals surface area contributed by atoms with Gasteiger partial charge in [0.05, 0.1) is 12.2 Å². The highest BCUT2D eigenvalue weighted by molar-refractivity contribution is 7.15. The van der Waals surface area contributed by atoms with Crippen molar-refractivity contribution in [3.8, 4) is 0 Å². The molecule has 0 aromatic carbocycles. The lowest BCUT2D eigenvalue weighted by Crippen LogP contribution is -2.46. The standard InChI is InChI=1S/C23H34N4O4S/c1-23(2,3)31-22(30)26-13-11-16-18(14-26)32-21(24-16)25-19(28)17-10-7-12-27(17)20(29)15-8-5-4-6-9-15/h15,17H,4-14H2,1-3H3,(H,24,25,28). The van der Waals surface area contributed by atoms with Crippen molar-refractivity contribution in [3.05, 3.63) is 10.6 Å². The maximum Gasteiger partial charge on any atom is 0.410 e. The molecular weight excluding hydrogens is 428 g/mol. The van der Waals surface area contributed by atoms with Gasteiger partial charge >= 0.3 is 6.09 Å².